The summed E-state index contributed by atoms with van der Waals surface area (Å²) in [5.74, 6) is 1.14. The number of thiophene rings is 1. The van der Waals surface area contributed by atoms with E-state index in [-0.39, 0.29) is 30.3 Å². The van der Waals surface area contributed by atoms with E-state index in [4.69, 9.17) is 4.74 Å². The molecule has 0 aliphatic carbocycles. The molecule has 1 aliphatic heterocycles. The molecule has 3 rings (SSSR count). The predicted molar refractivity (Wildman–Crippen MR) is 121 cm³/mol. The van der Waals surface area contributed by atoms with Gasteiger partial charge in [-0.2, -0.15) is 0 Å². The highest BCUT2D eigenvalue weighted by atomic mass is 32.1. The number of nitrogens with zero attached hydrogens (tertiary/aromatic N) is 2. The second-order valence-electron chi connectivity index (χ2n) is 8.19. The minimum Gasteiger partial charge on any atom is -0.491 e. The van der Waals surface area contributed by atoms with Gasteiger partial charge in [0.1, 0.15) is 12.4 Å². The molecule has 2 heterocycles. The van der Waals surface area contributed by atoms with Gasteiger partial charge in [0.2, 0.25) is 11.8 Å². The zero-order chi connectivity index (χ0) is 21.5. The van der Waals surface area contributed by atoms with Crippen molar-refractivity contribution in [2.45, 2.75) is 46.1 Å². The number of rotatable bonds is 9. The van der Waals surface area contributed by atoms with Crippen molar-refractivity contribution in [1.82, 2.24) is 9.80 Å². The van der Waals surface area contributed by atoms with Crippen LogP contribution in [0, 0.1) is 5.92 Å². The zero-order valence-electron chi connectivity index (χ0n) is 18.2. The number of hydrogen-bond donors (Lipinski definition) is 0. The Balaban J connectivity index is 1.74. The van der Waals surface area contributed by atoms with Gasteiger partial charge < -0.3 is 14.5 Å². The molecule has 1 aromatic carbocycles. The number of fused-ring (bicyclic) bond motifs is 1. The summed E-state index contributed by atoms with van der Waals surface area (Å²) < 4.78 is 6.03. The second kappa shape index (κ2) is 10.6. The van der Waals surface area contributed by atoms with Gasteiger partial charge in [0.25, 0.3) is 0 Å². The smallest absolute Gasteiger partial charge is 0.242 e. The summed E-state index contributed by atoms with van der Waals surface area (Å²) in [4.78, 5) is 30.9. The number of carbonyl (C=O) groups excluding carboxylic acids is 2. The first-order chi connectivity index (χ1) is 14.5. The molecule has 0 saturated heterocycles. The number of carbonyl (C=O) groups is 2. The van der Waals surface area contributed by atoms with Gasteiger partial charge in [-0.15, -0.1) is 11.3 Å². The van der Waals surface area contributed by atoms with Gasteiger partial charge in [-0.1, -0.05) is 39.0 Å². The average molecular weight is 429 g/mol. The molecule has 0 spiro atoms. The molecule has 1 atom stereocenters. The first-order valence-corrected chi connectivity index (χ1v) is 11.7. The second-order valence-corrected chi connectivity index (χ2v) is 9.19. The van der Waals surface area contributed by atoms with E-state index in [1.54, 1.807) is 16.2 Å². The van der Waals surface area contributed by atoms with Crippen molar-refractivity contribution in [2.75, 3.05) is 26.2 Å². The van der Waals surface area contributed by atoms with E-state index in [0.29, 0.717) is 26.1 Å². The third-order valence-electron chi connectivity index (χ3n) is 5.32. The molecule has 0 bridgehead atoms. The Morgan fingerprint density at radius 3 is 2.70 bits per heavy atom. The van der Waals surface area contributed by atoms with E-state index in [9.17, 15) is 9.59 Å². The molecule has 162 valence electrons. The number of hydrogen-bond acceptors (Lipinski definition) is 4. The molecule has 0 unspecified atom stereocenters. The van der Waals surface area contributed by atoms with Gasteiger partial charge in [0.05, 0.1) is 12.6 Å². The molecule has 0 N–H and O–H groups in total. The molecule has 1 aliphatic rings. The Bertz CT molecular complexity index is 834. The molecule has 30 heavy (non-hydrogen) atoms. The van der Waals surface area contributed by atoms with Crippen molar-refractivity contribution in [3.63, 3.8) is 0 Å². The maximum atomic E-state index is 13.3. The quantitative estimate of drug-likeness (QED) is 0.589. The lowest BCUT2D eigenvalue weighted by Gasteiger charge is -2.37. The van der Waals surface area contributed by atoms with Crippen molar-refractivity contribution < 1.29 is 14.3 Å². The van der Waals surface area contributed by atoms with Crippen LogP contribution in [0.2, 0.25) is 0 Å². The van der Waals surface area contributed by atoms with Crippen LogP contribution in [-0.2, 0) is 16.0 Å². The van der Waals surface area contributed by atoms with Gasteiger partial charge in [-0.3, -0.25) is 9.59 Å². The van der Waals surface area contributed by atoms with Crippen molar-refractivity contribution >= 4 is 23.2 Å². The Labute approximate surface area is 183 Å². The summed E-state index contributed by atoms with van der Waals surface area (Å²) in [6.45, 7) is 7.92. The lowest BCUT2D eigenvalue weighted by molar-refractivity contribution is -0.143. The maximum absolute atomic E-state index is 13.3. The van der Waals surface area contributed by atoms with Gasteiger partial charge >= 0.3 is 0 Å². The monoisotopic (exact) mass is 428 g/mol. The zero-order valence-corrected chi connectivity index (χ0v) is 19.0. The summed E-state index contributed by atoms with van der Waals surface area (Å²) in [6.07, 6.45) is 2.17. The minimum absolute atomic E-state index is 0.000863. The van der Waals surface area contributed by atoms with Crippen molar-refractivity contribution in [3.05, 3.63) is 52.2 Å². The molecule has 1 aromatic heterocycles. The topological polar surface area (TPSA) is 49.9 Å². The molecule has 0 saturated carbocycles. The van der Waals surface area contributed by atoms with Gasteiger partial charge in [-0.25, -0.2) is 0 Å². The van der Waals surface area contributed by atoms with Gasteiger partial charge in [0, 0.05) is 24.4 Å². The van der Waals surface area contributed by atoms with Crippen LogP contribution < -0.4 is 4.74 Å². The van der Waals surface area contributed by atoms with Gasteiger partial charge in [0.15, 0.2) is 0 Å². The molecule has 0 fully saturated rings. The summed E-state index contributed by atoms with van der Waals surface area (Å²) in [6, 6.07) is 11.7. The molecule has 5 nitrogen and oxygen atoms in total. The average Bonchev–Trinajstić information content (AvgIpc) is 3.21. The molecule has 2 aromatic rings. The molecular formula is C24H32N2O3S. The van der Waals surface area contributed by atoms with Crippen LogP contribution in [0.3, 0.4) is 0 Å². The minimum atomic E-state index is -0.128. The summed E-state index contributed by atoms with van der Waals surface area (Å²) in [5, 5.41) is 2.09. The predicted octanol–water partition coefficient (Wildman–Crippen LogP) is 4.54. The highest BCUT2D eigenvalue weighted by molar-refractivity contribution is 7.10. The van der Waals surface area contributed by atoms with Crippen molar-refractivity contribution in [3.8, 4) is 5.75 Å². The molecule has 2 amide bonds. The fourth-order valence-electron chi connectivity index (χ4n) is 3.86. The first kappa shape index (κ1) is 22.3. The third kappa shape index (κ3) is 5.63. The highest BCUT2D eigenvalue weighted by Gasteiger charge is 2.33. The van der Waals surface area contributed by atoms with Crippen molar-refractivity contribution in [1.29, 1.82) is 0 Å². The fourth-order valence-corrected chi connectivity index (χ4v) is 4.79. The first-order valence-electron chi connectivity index (χ1n) is 10.8. The van der Waals surface area contributed by atoms with E-state index in [1.807, 2.05) is 56.0 Å². The Morgan fingerprint density at radius 2 is 2.00 bits per heavy atom. The Morgan fingerprint density at radius 1 is 1.23 bits per heavy atom. The van der Waals surface area contributed by atoms with E-state index in [0.717, 1.165) is 18.6 Å². The maximum Gasteiger partial charge on any atom is 0.242 e. The van der Waals surface area contributed by atoms with Crippen LogP contribution in [0.1, 0.15) is 50.1 Å². The number of ether oxygens (including phenoxy) is 1. The third-order valence-corrected chi connectivity index (χ3v) is 6.32. The summed E-state index contributed by atoms with van der Waals surface area (Å²) in [5.41, 5.74) is 1.17. The molecule has 0 radical (unpaired) electrons. The number of para-hydroxylation sites is 1. The van der Waals surface area contributed by atoms with E-state index >= 15 is 0 Å². The SMILES string of the molecule is CCCN(CC(=O)N1CCc2sccc2[C@@H]1COc1ccccc1)C(=O)CC(C)C. The van der Waals surface area contributed by atoms with Crippen LogP contribution in [0.4, 0.5) is 0 Å². The lowest BCUT2D eigenvalue weighted by Crippen LogP contribution is -2.48. The van der Waals surface area contributed by atoms with E-state index < -0.39 is 0 Å². The van der Waals surface area contributed by atoms with Crippen LogP contribution in [0.15, 0.2) is 41.8 Å². The fraction of sp³-hybridized carbons (Fsp3) is 0.500. The number of amides is 2. The van der Waals surface area contributed by atoms with Gasteiger partial charge in [-0.05, 0) is 47.9 Å². The van der Waals surface area contributed by atoms with Crippen LogP contribution in [-0.4, -0.2) is 47.9 Å². The van der Waals surface area contributed by atoms with E-state index in [1.165, 1.54) is 10.4 Å². The number of benzene rings is 1. The standard InChI is InChI=1S/C24H32N2O3S/c1-4-12-25(23(27)15-18(2)3)16-24(28)26-13-10-22-20(11-14-30-22)21(26)17-29-19-8-6-5-7-9-19/h5-9,11,14,18,21H,4,10,12-13,15-17H2,1-3H3/t21-/m0/s1. The molecular weight excluding hydrogens is 396 g/mol. The molecule has 6 heteroatoms. The largest absolute Gasteiger partial charge is 0.491 e. The summed E-state index contributed by atoms with van der Waals surface area (Å²) in [7, 11) is 0. The lowest BCUT2D eigenvalue weighted by atomic mass is 10.00. The Hall–Kier alpha value is -2.34. The van der Waals surface area contributed by atoms with E-state index in [2.05, 4.69) is 11.4 Å². The van der Waals surface area contributed by atoms with Crippen LogP contribution >= 0.6 is 11.3 Å². The van der Waals surface area contributed by atoms with Crippen LogP contribution in [0.5, 0.6) is 5.75 Å². The summed E-state index contributed by atoms with van der Waals surface area (Å²) >= 11 is 1.74. The normalized spacial score (nSPS) is 15.7. The Kier molecular flexibility index (Phi) is 7.91. The van der Waals surface area contributed by atoms with Crippen LogP contribution in [0.25, 0.3) is 0 Å². The highest BCUT2D eigenvalue weighted by Crippen LogP contribution is 2.34. The van der Waals surface area contributed by atoms with Crippen molar-refractivity contribution in [2.24, 2.45) is 5.92 Å².